The number of rotatable bonds is 4. The molecule has 1 fully saturated rings. The Labute approximate surface area is 141 Å². The number of aromatic nitrogens is 4. The largest absolute Gasteiger partial charge is 0.367 e. The summed E-state index contributed by atoms with van der Waals surface area (Å²) in [4.78, 5) is 14.4. The van der Waals surface area contributed by atoms with E-state index in [-0.39, 0.29) is 5.91 Å². The first-order valence-electron chi connectivity index (χ1n) is 8.70. The Balaban J connectivity index is 1.30. The zero-order chi connectivity index (χ0) is 16.7. The topological polar surface area (TPSA) is 78.8 Å². The minimum Gasteiger partial charge on any atom is -0.367 e. The predicted octanol–water partition coefficient (Wildman–Crippen LogP) is 2.00. The first-order chi connectivity index (χ1) is 11.6. The van der Waals surface area contributed by atoms with Crippen LogP contribution in [0.2, 0.25) is 0 Å². The molecule has 2 aliphatic heterocycles. The number of amides is 1. The van der Waals surface area contributed by atoms with Crippen molar-refractivity contribution in [3.8, 4) is 0 Å². The zero-order valence-electron chi connectivity index (χ0n) is 14.1. The van der Waals surface area contributed by atoms with Gasteiger partial charge in [-0.25, -0.2) is 4.68 Å². The van der Waals surface area contributed by atoms with E-state index in [9.17, 15) is 4.79 Å². The van der Waals surface area contributed by atoms with E-state index >= 15 is 0 Å². The number of nitrogens with one attached hydrogen (secondary N) is 2. The van der Waals surface area contributed by atoms with Crippen LogP contribution in [-0.2, 0) is 4.79 Å². The molecule has 0 aliphatic carbocycles. The van der Waals surface area contributed by atoms with Gasteiger partial charge in [0.1, 0.15) is 5.82 Å². The van der Waals surface area contributed by atoms with Crippen molar-refractivity contribution in [3.63, 3.8) is 0 Å². The van der Waals surface area contributed by atoms with Gasteiger partial charge in [0, 0.05) is 55.3 Å². The van der Waals surface area contributed by atoms with Crippen molar-refractivity contribution in [3.05, 3.63) is 30.2 Å². The summed E-state index contributed by atoms with van der Waals surface area (Å²) in [7, 11) is 0. The number of anilines is 1. The molecule has 2 aliphatic rings. The average Bonchev–Trinajstić information content (AvgIpc) is 3.16. The van der Waals surface area contributed by atoms with Crippen molar-refractivity contribution in [2.75, 3.05) is 18.4 Å². The summed E-state index contributed by atoms with van der Waals surface area (Å²) in [6.45, 7) is 6.00. The van der Waals surface area contributed by atoms with Gasteiger partial charge >= 0.3 is 0 Å². The molecule has 0 radical (unpaired) electrons. The summed E-state index contributed by atoms with van der Waals surface area (Å²) >= 11 is 0. The summed E-state index contributed by atoms with van der Waals surface area (Å²) in [6, 6.07) is 4.66. The Morgan fingerprint density at radius 3 is 2.88 bits per heavy atom. The summed E-state index contributed by atoms with van der Waals surface area (Å²) in [5.74, 6) is 2.16. The zero-order valence-corrected chi connectivity index (χ0v) is 14.1. The SMILES string of the molecule is CC1Nc2ccnn2C(C)C1CCC(=O)N1CC(c2ccn[nH]2)C1. The molecule has 1 saturated heterocycles. The summed E-state index contributed by atoms with van der Waals surface area (Å²) in [5, 5.41) is 14.9. The minimum atomic E-state index is 0.261. The number of H-pyrrole nitrogens is 1. The molecule has 2 aromatic rings. The maximum Gasteiger partial charge on any atom is 0.222 e. The van der Waals surface area contributed by atoms with Gasteiger partial charge in [-0.05, 0) is 26.3 Å². The van der Waals surface area contributed by atoms with Crippen LogP contribution in [-0.4, -0.2) is 49.9 Å². The van der Waals surface area contributed by atoms with Crippen molar-refractivity contribution in [1.82, 2.24) is 24.9 Å². The predicted molar refractivity (Wildman–Crippen MR) is 90.7 cm³/mol. The molecule has 0 aromatic carbocycles. The van der Waals surface area contributed by atoms with Gasteiger partial charge in [0.05, 0.1) is 12.2 Å². The normalized spacial score (nSPS) is 26.6. The van der Waals surface area contributed by atoms with Crippen LogP contribution in [0.15, 0.2) is 24.5 Å². The van der Waals surface area contributed by atoms with Crippen LogP contribution in [0.1, 0.15) is 44.3 Å². The highest BCUT2D eigenvalue weighted by Gasteiger charge is 2.35. The monoisotopic (exact) mass is 328 g/mol. The Kier molecular flexibility index (Phi) is 3.78. The molecule has 3 unspecified atom stereocenters. The lowest BCUT2D eigenvalue weighted by molar-refractivity contribution is -0.136. The minimum absolute atomic E-state index is 0.261. The van der Waals surface area contributed by atoms with Gasteiger partial charge in [0.15, 0.2) is 0 Å². The molecule has 1 amide bonds. The molecule has 4 rings (SSSR count). The van der Waals surface area contributed by atoms with Gasteiger partial charge < -0.3 is 10.2 Å². The average molecular weight is 328 g/mol. The Hall–Kier alpha value is -2.31. The molecule has 4 heterocycles. The molecule has 0 spiro atoms. The van der Waals surface area contributed by atoms with Gasteiger partial charge in [-0.1, -0.05) is 0 Å². The molecule has 7 heteroatoms. The van der Waals surface area contributed by atoms with Gasteiger partial charge in [-0.3, -0.25) is 9.89 Å². The molecule has 0 bridgehead atoms. The van der Waals surface area contributed by atoms with Gasteiger partial charge in [0.2, 0.25) is 5.91 Å². The van der Waals surface area contributed by atoms with Crippen LogP contribution in [0.25, 0.3) is 0 Å². The lowest BCUT2D eigenvalue weighted by Gasteiger charge is -2.40. The van der Waals surface area contributed by atoms with E-state index in [1.54, 1.807) is 6.20 Å². The molecule has 7 nitrogen and oxygen atoms in total. The van der Waals surface area contributed by atoms with Crippen molar-refractivity contribution < 1.29 is 4.79 Å². The number of carbonyl (C=O) groups excluding carboxylic acids is 1. The van der Waals surface area contributed by atoms with E-state index in [1.165, 1.54) is 0 Å². The summed E-state index contributed by atoms with van der Waals surface area (Å²) < 4.78 is 2.03. The van der Waals surface area contributed by atoms with Gasteiger partial charge in [-0.2, -0.15) is 10.2 Å². The fraction of sp³-hybridized carbons (Fsp3) is 0.588. The lowest BCUT2D eigenvalue weighted by Crippen LogP contribution is -2.49. The number of aromatic amines is 1. The second-order valence-electron chi connectivity index (χ2n) is 7.04. The third kappa shape index (κ3) is 2.57. The molecular weight excluding hydrogens is 304 g/mol. The van der Waals surface area contributed by atoms with E-state index < -0.39 is 0 Å². The first kappa shape index (κ1) is 15.2. The highest BCUT2D eigenvalue weighted by molar-refractivity contribution is 5.77. The smallest absolute Gasteiger partial charge is 0.222 e. The van der Waals surface area contributed by atoms with E-state index in [2.05, 4.69) is 34.5 Å². The van der Waals surface area contributed by atoms with Crippen LogP contribution in [0, 0.1) is 5.92 Å². The van der Waals surface area contributed by atoms with Crippen LogP contribution in [0.3, 0.4) is 0 Å². The van der Waals surface area contributed by atoms with E-state index in [1.807, 2.05) is 27.9 Å². The van der Waals surface area contributed by atoms with Crippen LogP contribution >= 0.6 is 0 Å². The highest BCUT2D eigenvalue weighted by atomic mass is 16.2. The Morgan fingerprint density at radius 2 is 2.12 bits per heavy atom. The quantitative estimate of drug-likeness (QED) is 0.900. The maximum absolute atomic E-state index is 12.4. The molecule has 2 aromatic heterocycles. The molecule has 24 heavy (non-hydrogen) atoms. The fourth-order valence-corrected chi connectivity index (χ4v) is 4.00. The van der Waals surface area contributed by atoms with E-state index in [0.717, 1.165) is 31.0 Å². The van der Waals surface area contributed by atoms with Crippen molar-refractivity contribution >= 4 is 11.7 Å². The number of hydrogen-bond donors (Lipinski definition) is 2. The standard InChI is InChI=1S/C17H24N6O/c1-11-14(12(2)23-16(20-11)6-8-19-23)3-4-17(24)22-9-13(10-22)15-5-7-18-21-15/h5-8,11-14,20H,3-4,9-10H2,1-2H3,(H,18,21). The summed E-state index contributed by atoms with van der Waals surface area (Å²) in [6.07, 6.45) is 5.09. The van der Waals surface area contributed by atoms with Gasteiger partial charge in [0.25, 0.3) is 0 Å². The van der Waals surface area contributed by atoms with Crippen molar-refractivity contribution in [1.29, 1.82) is 0 Å². The molecule has 0 saturated carbocycles. The number of nitrogens with zero attached hydrogens (tertiary/aromatic N) is 4. The number of fused-ring (bicyclic) bond motifs is 1. The second kappa shape index (κ2) is 5.96. The number of carbonyl (C=O) groups is 1. The molecular formula is C17H24N6O. The van der Waals surface area contributed by atoms with E-state index in [0.29, 0.717) is 30.3 Å². The Bertz CT molecular complexity index is 702. The number of likely N-dealkylation sites (tertiary alicyclic amines) is 1. The van der Waals surface area contributed by atoms with Crippen molar-refractivity contribution in [2.45, 2.75) is 44.7 Å². The summed E-state index contributed by atoms with van der Waals surface area (Å²) in [5.41, 5.74) is 1.13. The number of hydrogen-bond acceptors (Lipinski definition) is 4. The van der Waals surface area contributed by atoms with Crippen LogP contribution in [0.5, 0.6) is 0 Å². The highest BCUT2D eigenvalue weighted by Crippen LogP contribution is 2.34. The van der Waals surface area contributed by atoms with Crippen molar-refractivity contribution in [2.24, 2.45) is 5.92 Å². The third-order valence-corrected chi connectivity index (χ3v) is 5.58. The first-order valence-corrected chi connectivity index (χ1v) is 8.70. The molecule has 3 atom stereocenters. The fourth-order valence-electron chi connectivity index (χ4n) is 4.00. The van der Waals surface area contributed by atoms with Crippen LogP contribution < -0.4 is 5.32 Å². The molecule has 2 N–H and O–H groups in total. The van der Waals surface area contributed by atoms with E-state index in [4.69, 9.17) is 0 Å². The Morgan fingerprint density at radius 1 is 1.29 bits per heavy atom. The third-order valence-electron chi connectivity index (χ3n) is 5.58. The second-order valence-corrected chi connectivity index (χ2v) is 7.04. The maximum atomic E-state index is 12.4. The molecule has 128 valence electrons. The lowest BCUT2D eigenvalue weighted by atomic mass is 9.87. The van der Waals surface area contributed by atoms with Crippen LogP contribution in [0.4, 0.5) is 5.82 Å². The van der Waals surface area contributed by atoms with Gasteiger partial charge in [-0.15, -0.1) is 0 Å².